The Hall–Kier alpha value is -1.86. The first-order valence-corrected chi connectivity index (χ1v) is 11.8. The third kappa shape index (κ3) is 5.85. The summed E-state index contributed by atoms with van der Waals surface area (Å²) in [5.74, 6) is 1.48. The molecular formula is C22H24Cl2N4OS. The molecule has 0 spiro atoms. The van der Waals surface area contributed by atoms with Gasteiger partial charge in [-0.15, -0.1) is 0 Å². The van der Waals surface area contributed by atoms with Crippen molar-refractivity contribution in [1.82, 2.24) is 14.9 Å². The van der Waals surface area contributed by atoms with Gasteiger partial charge in [-0.3, -0.25) is 0 Å². The number of halogens is 2. The molecule has 1 aromatic carbocycles. The molecule has 0 atom stereocenters. The molecule has 1 saturated heterocycles. The summed E-state index contributed by atoms with van der Waals surface area (Å²) < 4.78 is 6.07. The molecule has 0 radical (unpaired) electrons. The zero-order valence-corrected chi connectivity index (χ0v) is 18.9. The molecule has 5 nitrogen and oxygen atoms in total. The Balaban J connectivity index is 1.16. The molecule has 0 bridgehead atoms. The minimum Gasteiger partial charge on any atom is -0.490 e. The van der Waals surface area contributed by atoms with Gasteiger partial charge in [-0.1, -0.05) is 23.2 Å². The number of nitrogens with one attached hydrogen (secondary N) is 1. The fraction of sp³-hybridized carbons (Fsp3) is 0.364. The zero-order valence-electron chi connectivity index (χ0n) is 16.6. The zero-order chi connectivity index (χ0) is 20.8. The van der Waals surface area contributed by atoms with Crippen LogP contribution in [0.15, 0.2) is 47.3 Å². The average Bonchev–Trinajstić information content (AvgIpc) is 3.30. The van der Waals surface area contributed by atoms with Gasteiger partial charge in [0.25, 0.3) is 0 Å². The van der Waals surface area contributed by atoms with Crippen LogP contribution in [-0.4, -0.2) is 47.2 Å². The van der Waals surface area contributed by atoms with Crippen molar-refractivity contribution in [3.8, 4) is 17.0 Å². The first kappa shape index (κ1) is 21.4. The summed E-state index contributed by atoms with van der Waals surface area (Å²) in [4.78, 5) is 11.4. The monoisotopic (exact) mass is 462 g/mol. The number of hydrogen-bond donors (Lipinski definition) is 1. The van der Waals surface area contributed by atoms with Crippen molar-refractivity contribution in [3.05, 3.63) is 57.3 Å². The van der Waals surface area contributed by atoms with Crippen LogP contribution in [-0.2, 0) is 0 Å². The molecule has 1 aliphatic heterocycles. The number of ether oxygens (including phenoxy) is 1. The van der Waals surface area contributed by atoms with E-state index >= 15 is 0 Å². The van der Waals surface area contributed by atoms with E-state index in [4.69, 9.17) is 27.9 Å². The maximum atomic E-state index is 6.07. The number of anilines is 1. The molecule has 0 amide bonds. The summed E-state index contributed by atoms with van der Waals surface area (Å²) in [6.45, 7) is 3.98. The molecule has 2 aromatic heterocycles. The van der Waals surface area contributed by atoms with Crippen LogP contribution in [0.3, 0.4) is 0 Å². The minimum absolute atomic E-state index is 0.227. The SMILES string of the molecule is Clc1ccc(OC2CCN(CCCNc3nccc(-c4ccsc4)n3)CC2)cc1Cl. The Kier molecular flexibility index (Phi) is 7.44. The van der Waals surface area contributed by atoms with E-state index in [2.05, 4.69) is 37.0 Å². The van der Waals surface area contributed by atoms with Crippen LogP contribution < -0.4 is 10.1 Å². The van der Waals surface area contributed by atoms with Crippen molar-refractivity contribution in [1.29, 1.82) is 0 Å². The van der Waals surface area contributed by atoms with Crippen molar-refractivity contribution in [3.63, 3.8) is 0 Å². The van der Waals surface area contributed by atoms with Crippen LogP contribution in [0.5, 0.6) is 5.75 Å². The van der Waals surface area contributed by atoms with Gasteiger partial charge in [-0.2, -0.15) is 11.3 Å². The van der Waals surface area contributed by atoms with Crippen LogP contribution in [0.4, 0.5) is 5.95 Å². The topological polar surface area (TPSA) is 50.3 Å². The number of piperidine rings is 1. The lowest BCUT2D eigenvalue weighted by molar-refractivity contribution is 0.100. The number of benzene rings is 1. The van der Waals surface area contributed by atoms with Crippen LogP contribution >= 0.6 is 34.5 Å². The molecule has 8 heteroatoms. The summed E-state index contributed by atoms with van der Waals surface area (Å²) in [6, 6.07) is 9.46. The molecule has 0 saturated carbocycles. The highest BCUT2D eigenvalue weighted by Crippen LogP contribution is 2.28. The Labute approximate surface area is 191 Å². The predicted octanol–water partition coefficient (Wildman–Crippen LogP) is 5.86. The third-order valence-corrected chi connectivity index (χ3v) is 6.56. The maximum absolute atomic E-state index is 6.07. The second-order valence-corrected chi connectivity index (χ2v) is 8.89. The number of hydrogen-bond acceptors (Lipinski definition) is 6. The molecule has 1 fully saturated rings. The average molecular weight is 463 g/mol. The Morgan fingerprint density at radius 1 is 1.13 bits per heavy atom. The Bertz CT molecular complexity index is 946. The number of rotatable bonds is 8. The summed E-state index contributed by atoms with van der Waals surface area (Å²) in [5.41, 5.74) is 2.09. The van der Waals surface area contributed by atoms with Gasteiger partial charge < -0.3 is 15.0 Å². The van der Waals surface area contributed by atoms with E-state index in [9.17, 15) is 0 Å². The quantitative estimate of drug-likeness (QED) is 0.425. The molecule has 1 N–H and O–H groups in total. The summed E-state index contributed by atoms with van der Waals surface area (Å²) in [5, 5.41) is 8.58. The Morgan fingerprint density at radius 2 is 2.00 bits per heavy atom. The van der Waals surface area contributed by atoms with Crippen molar-refractivity contribution < 1.29 is 4.74 Å². The molecule has 1 aliphatic rings. The normalized spacial score (nSPS) is 15.3. The summed E-state index contributed by atoms with van der Waals surface area (Å²) in [7, 11) is 0. The number of aromatic nitrogens is 2. The number of likely N-dealkylation sites (tertiary alicyclic amines) is 1. The maximum Gasteiger partial charge on any atom is 0.223 e. The highest BCUT2D eigenvalue weighted by molar-refractivity contribution is 7.08. The van der Waals surface area contributed by atoms with E-state index in [0.717, 1.165) is 62.4 Å². The molecule has 158 valence electrons. The van der Waals surface area contributed by atoms with Gasteiger partial charge >= 0.3 is 0 Å². The van der Waals surface area contributed by atoms with Gasteiger partial charge in [0, 0.05) is 42.8 Å². The minimum atomic E-state index is 0.227. The van der Waals surface area contributed by atoms with E-state index < -0.39 is 0 Å². The second-order valence-electron chi connectivity index (χ2n) is 7.29. The highest BCUT2D eigenvalue weighted by atomic mass is 35.5. The molecule has 3 heterocycles. The van der Waals surface area contributed by atoms with Crippen molar-refractivity contribution in [2.24, 2.45) is 0 Å². The van der Waals surface area contributed by atoms with Crippen molar-refractivity contribution in [2.45, 2.75) is 25.4 Å². The highest BCUT2D eigenvalue weighted by Gasteiger charge is 2.20. The van der Waals surface area contributed by atoms with Gasteiger partial charge in [-0.25, -0.2) is 9.97 Å². The van der Waals surface area contributed by atoms with Gasteiger partial charge in [0.1, 0.15) is 11.9 Å². The van der Waals surface area contributed by atoms with Gasteiger partial charge in [0.15, 0.2) is 0 Å². The van der Waals surface area contributed by atoms with Crippen LogP contribution in [0.1, 0.15) is 19.3 Å². The van der Waals surface area contributed by atoms with Crippen LogP contribution in [0.2, 0.25) is 10.0 Å². The third-order valence-electron chi connectivity index (χ3n) is 5.14. The van der Waals surface area contributed by atoms with Crippen molar-refractivity contribution >= 4 is 40.5 Å². The largest absolute Gasteiger partial charge is 0.490 e. The van der Waals surface area contributed by atoms with Gasteiger partial charge in [0.2, 0.25) is 5.95 Å². The van der Waals surface area contributed by atoms with E-state index in [-0.39, 0.29) is 6.10 Å². The summed E-state index contributed by atoms with van der Waals surface area (Å²) >= 11 is 13.7. The fourth-order valence-corrected chi connectivity index (χ4v) is 4.45. The summed E-state index contributed by atoms with van der Waals surface area (Å²) in [6.07, 6.45) is 5.11. The van der Waals surface area contributed by atoms with E-state index in [1.54, 1.807) is 29.7 Å². The lowest BCUT2D eigenvalue weighted by Gasteiger charge is -2.32. The fourth-order valence-electron chi connectivity index (χ4n) is 3.51. The molecule has 30 heavy (non-hydrogen) atoms. The smallest absolute Gasteiger partial charge is 0.223 e. The first-order valence-electron chi connectivity index (χ1n) is 10.1. The van der Waals surface area contributed by atoms with E-state index in [1.165, 1.54) is 0 Å². The number of nitrogens with zero attached hydrogens (tertiary/aromatic N) is 3. The van der Waals surface area contributed by atoms with E-state index in [1.807, 2.05) is 12.1 Å². The van der Waals surface area contributed by atoms with Gasteiger partial charge in [-0.05, 0) is 55.5 Å². The second kappa shape index (κ2) is 10.4. The van der Waals surface area contributed by atoms with Gasteiger partial charge in [0.05, 0.1) is 15.7 Å². The molecule has 0 aliphatic carbocycles. The number of thiophene rings is 1. The van der Waals surface area contributed by atoms with E-state index in [0.29, 0.717) is 16.0 Å². The lowest BCUT2D eigenvalue weighted by atomic mass is 10.1. The molecule has 0 unspecified atom stereocenters. The Morgan fingerprint density at radius 3 is 2.77 bits per heavy atom. The predicted molar refractivity (Wildman–Crippen MR) is 125 cm³/mol. The van der Waals surface area contributed by atoms with Crippen LogP contribution in [0.25, 0.3) is 11.3 Å². The van der Waals surface area contributed by atoms with Crippen molar-refractivity contribution in [2.75, 3.05) is 31.5 Å². The molecule has 4 rings (SSSR count). The van der Waals surface area contributed by atoms with Crippen LogP contribution in [0, 0.1) is 0 Å². The molecule has 3 aromatic rings. The first-order chi connectivity index (χ1) is 14.7. The molecular weight excluding hydrogens is 439 g/mol. The standard InChI is InChI=1S/C22H24Cl2N4OS/c23-19-3-2-18(14-20(19)24)29-17-5-11-28(12-6-17)10-1-8-25-22-26-9-4-21(27-22)16-7-13-30-15-16/h2-4,7,9,13-15,17H,1,5-6,8,10-12H2,(H,25,26,27). The lowest BCUT2D eigenvalue weighted by Crippen LogP contribution is -2.39.